The molecule has 0 saturated carbocycles. The Kier molecular flexibility index (Phi) is 5.22. The molecule has 0 unspecified atom stereocenters. The van der Waals surface area contributed by atoms with Crippen LogP contribution in [-0.4, -0.2) is 30.0 Å². The van der Waals surface area contributed by atoms with Crippen molar-refractivity contribution in [3.05, 3.63) is 42.2 Å². The summed E-state index contributed by atoms with van der Waals surface area (Å²) < 4.78 is 12.6. The van der Waals surface area contributed by atoms with E-state index in [4.69, 9.17) is 9.47 Å². The summed E-state index contributed by atoms with van der Waals surface area (Å²) in [5, 5.41) is 7.80. The minimum atomic E-state index is 0.282. The Hall–Kier alpha value is -2.01. The molecule has 1 aromatic carbocycles. The van der Waals surface area contributed by atoms with Crippen LogP contribution < -0.4 is 14.8 Å². The molecule has 21 heavy (non-hydrogen) atoms. The number of benzene rings is 1. The maximum Gasteiger partial charge on any atom is 0.127 e. The molecule has 1 aromatic heterocycles. The Morgan fingerprint density at radius 3 is 2.67 bits per heavy atom. The van der Waals surface area contributed by atoms with Crippen LogP contribution in [0, 0.1) is 0 Å². The summed E-state index contributed by atoms with van der Waals surface area (Å²) >= 11 is 0. The molecule has 0 amide bonds. The van der Waals surface area contributed by atoms with Gasteiger partial charge in [-0.2, -0.15) is 5.10 Å². The lowest BCUT2D eigenvalue weighted by Crippen LogP contribution is -2.33. The Morgan fingerprint density at radius 2 is 2.05 bits per heavy atom. The highest BCUT2D eigenvalue weighted by Gasteiger charge is 2.14. The van der Waals surface area contributed by atoms with E-state index < -0.39 is 0 Å². The summed E-state index contributed by atoms with van der Waals surface area (Å²) in [6.45, 7) is 5.04. The number of ether oxygens (including phenoxy) is 2. The number of nitrogens with zero attached hydrogens (tertiary/aromatic N) is 2. The zero-order valence-corrected chi connectivity index (χ0v) is 13.0. The summed E-state index contributed by atoms with van der Waals surface area (Å²) in [6.07, 6.45) is 3.78. The Morgan fingerprint density at radius 1 is 1.24 bits per heavy atom. The molecule has 2 aromatic rings. The Balaban J connectivity index is 1.99. The van der Waals surface area contributed by atoms with Gasteiger partial charge in [0.05, 0.1) is 20.3 Å². The van der Waals surface area contributed by atoms with Gasteiger partial charge in [0.15, 0.2) is 0 Å². The lowest BCUT2D eigenvalue weighted by atomic mass is 10.1. The number of hydrogen-bond donors (Lipinski definition) is 1. The van der Waals surface area contributed by atoms with Crippen molar-refractivity contribution in [2.75, 3.05) is 14.2 Å². The molecule has 2 rings (SSSR count). The van der Waals surface area contributed by atoms with Crippen LogP contribution in [-0.2, 0) is 6.54 Å². The van der Waals surface area contributed by atoms with Crippen LogP contribution in [0.2, 0.25) is 0 Å². The molecule has 5 heteroatoms. The first-order valence-corrected chi connectivity index (χ1v) is 7.09. The summed E-state index contributed by atoms with van der Waals surface area (Å²) in [6, 6.07) is 8.38. The third-order valence-electron chi connectivity index (χ3n) is 3.77. The van der Waals surface area contributed by atoms with E-state index in [1.807, 2.05) is 35.1 Å². The van der Waals surface area contributed by atoms with Crippen LogP contribution in [0.3, 0.4) is 0 Å². The first-order valence-electron chi connectivity index (χ1n) is 7.09. The van der Waals surface area contributed by atoms with E-state index in [1.165, 1.54) is 0 Å². The zero-order chi connectivity index (χ0) is 15.2. The molecule has 0 saturated heterocycles. The van der Waals surface area contributed by atoms with Crippen molar-refractivity contribution < 1.29 is 9.47 Å². The summed E-state index contributed by atoms with van der Waals surface area (Å²) in [5.74, 6) is 1.63. The first-order chi connectivity index (χ1) is 10.2. The summed E-state index contributed by atoms with van der Waals surface area (Å²) in [4.78, 5) is 0. The second-order valence-electron chi connectivity index (χ2n) is 5.07. The van der Waals surface area contributed by atoms with Gasteiger partial charge in [0.1, 0.15) is 11.5 Å². The highest BCUT2D eigenvalue weighted by molar-refractivity contribution is 5.40. The highest BCUT2D eigenvalue weighted by Crippen LogP contribution is 2.24. The van der Waals surface area contributed by atoms with E-state index in [2.05, 4.69) is 24.3 Å². The third kappa shape index (κ3) is 3.76. The van der Waals surface area contributed by atoms with E-state index in [0.29, 0.717) is 0 Å². The number of rotatable bonds is 7. The molecule has 2 atom stereocenters. The van der Waals surface area contributed by atoms with Gasteiger partial charge >= 0.3 is 0 Å². The number of hydrogen-bond acceptors (Lipinski definition) is 4. The van der Waals surface area contributed by atoms with Gasteiger partial charge in [0.25, 0.3) is 0 Å². The maximum absolute atomic E-state index is 5.42. The normalized spacial score (nSPS) is 13.7. The molecule has 0 fully saturated rings. The molecule has 1 heterocycles. The molecule has 0 aliphatic carbocycles. The molecule has 114 valence electrons. The van der Waals surface area contributed by atoms with Crippen molar-refractivity contribution in [1.29, 1.82) is 0 Å². The van der Waals surface area contributed by atoms with Gasteiger partial charge in [-0.3, -0.25) is 4.68 Å². The van der Waals surface area contributed by atoms with Crippen LogP contribution in [0.4, 0.5) is 0 Å². The minimum absolute atomic E-state index is 0.282. The van der Waals surface area contributed by atoms with Crippen molar-refractivity contribution in [2.24, 2.45) is 0 Å². The standard InChI is InChI=1S/C16H23N3O2/c1-12(13(2)19-9-5-8-18-19)17-11-14-6-7-15(20-3)10-16(14)21-4/h5-10,12-13,17H,11H2,1-4H3/t12-,13-/m1/s1. The fourth-order valence-corrected chi connectivity index (χ4v) is 2.19. The van der Waals surface area contributed by atoms with E-state index in [0.717, 1.165) is 23.6 Å². The van der Waals surface area contributed by atoms with E-state index in [1.54, 1.807) is 20.4 Å². The minimum Gasteiger partial charge on any atom is -0.497 e. The van der Waals surface area contributed by atoms with E-state index in [-0.39, 0.29) is 12.1 Å². The quantitative estimate of drug-likeness (QED) is 0.851. The number of nitrogens with one attached hydrogen (secondary N) is 1. The van der Waals surface area contributed by atoms with Crippen molar-refractivity contribution in [1.82, 2.24) is 15.1 Å². The fraction of sp³-hybridized carbons (Fsp3) is 0.438. The van der Waals surface area contributed by atoms with Gasteiger partial charge in [0.2, 0.25) is 0 Å². The van der Waals surface area contributed by atoms with Crippen molar-refractivity contribution >= 4 is 0 Å². The van der Waals surface area contributed by atoms with Crippen molar-refractivity contribution in [3.8, 4) is 11.5 Å². The number of methoxy groups -OCH3 is 2. The first kappa shape index (κ1) is 15.4. The highest BCUT2D eigenvalue weighted by atomic mass is 16.5. The largest absolute Gasteiger partial charge is 0.497 e. The average Bonchev–Trinajstić information content (AvgIpc) is 3.05. The summed E-state index contributed by atoms with van der Waals surface area (Å²) in [5.41, 5.74) is 1.11. The molecular weight excluding hydrogens is 266 g/mol. The predicted molar refractivity (Wildman–Crippen MR) is 82.8 cm³/mol. The molecule has 1 N–H and O–H groups in total. The van der Waals surface area contributed by atoms with E-state index in [9.17, 15) is 0 Å². The Bertz CT molecular complexity index is 555. The molecule has 0 bridgehead atoms. The molecule has 0 aliphatic heterocycles. The smallest absolute Gasteiger partial charge is 0.127 e. The number of aromatic nitrogens is 2. The SMILES string of the molecule is COc1ccc(CN[C@H](C)[C@@H](C)n2cccn2)c(OC)c1. The fourth-order valence-electron chi connectivity index (χ4n) is 2.19. The van der Waals surface area contributed by atoms with Crippen LogP contribution in [0.5, 0.6) is 11.5 Å². The second kappa shape index (κ2) is 7.13. The molecule has 0 spiro atoms. The predicted octanol–water partition coefficient (Wildman–Crippen LogP) is 2.64. The molecular formula is C16H23N3O2. The molecule has 5 nitrogen and oxygen atoms in total. The van der Waals surface area contributed by atoms with Gasteiger partial charge in [-0.05, 0) is 26.0 Å². The van der Waals surface area contributed by atoms with Gasteiger partial charge in [-0.25, -0.2) is 0 Å². The van der Waals surface area contributed by atoms with Crippen molar-refractivity contribution in [2.45, 2.75) is 32.5 Å². The van der Waals surface area contributed by atoms with Gasteiger partial charge < -0.3 is 14.8 Å². The van der Waals surface area contributed by atoms with Gasteiger partial charge in [0, 0.05) is 36.6 Å². The topological polar surface area (TPSA) is 48.3 Å². The lowest BCUT2D eigenvalue weighted by molar-refractivity contribution is 0.358. The van der Waals surface area contributed by atoms with Crippen molar-refractivity contribution in [3.63, 3.8) is 0 Å². The third-order valence-corrected chi connectivity index (χ3v) is 3.77. The van der Waals surface area contributed by atoms with Crippen LogP contribution in [0.25, 0.3) is 0 Å². The second-order valence-corrected chi connectivity index (χ2v) is 5.07. The van der Waals surface area contributed by atoms with E-state index >= 15 is 0 Å². The van der Waals surface area contributed by atoms with Crippen LogP contribution in [0.1, 0.15) is 25.5 Å². The monoisotopic (exact) mass is 289 g/mol. The zero-order valence-electron chi connectivity index (χ0n) is 13.0. The summed E-state index contributed by atoms with van der Waals surface area (Å²) in [7, 11) is 3.33. The Labute approximate surface area is 125 Å². The maximum atomic E-state index is 5.42. The van der Waals surface area contributed by atoms with Crippen LogP contribution >= 0.6 is 0 Å². The van der Waals surface area contributed by atoms with Gasteiger partial charge in [-0.1, -0.05) is 6.07 Å². The lowest BCUT2D eigenvalue weighted by Gasteiger charge is -2.22. The van der Waals surface area contributed by atoms with Crippen LogP contribution in [0.15, 0.2) is 36.7 Å². The average molecular weight is 289 g/mol. The molecule has 0 radical (unpaired) electrons. The molecule has 0 aliphatic rings. The van der Waals surface area contributed by atoms with Gasteiger partial charge in [-0.15, -0.1) is 0 Å².